The van der Waals surface area contributed by atoms with Gasteiger partial charge in [0.2, 0.25) is 5.88 Å². The first-order chi connectivity index (χ1) is 8.15. The van der Waals surface area contributed by atoms with Gasteiger partial charge < -0.3 is 10.5 Å². The maximum atomic E-state index is 5.68. The van der Waals surface area contributed by atoms with Gasteiger partial charge in [-0.3, -0.25) is 0 Å². The van der Waals surface area contributed by atoms with Crippen molar-refractivity contribution in [3.8, 4) is 11.6 Å². The van der Waals surface area contributed by atoms with E-state index in [0.717, 1.165) is 5.69 Å². The number of anilines is 1. The van der Waals surface area contributed by atoms with Crippen LogP contribution in [-0.4, -0.2) is 9.97 Å². The second-order valence-corrected chi connectivity index (χ2v) is 4.11. The first-order valence-electron chi connectivity index (χ1n) is 5.50. The number of hydrogen-bond acceptors (Lipinski definition) is 4. The maximum absolute atomic E-state index is 5.68. The predicted octanol–water partition coefficient (Wildman–Crippen LogP) is 2.97. The molecule has 0 spiro atoms. The van der Waals surface area contributed by atoms with Crippen molar-refractivity contribution in [3.63, 3.8) is 0 Å². The Balaban J connectivity index is 2.21. The normalized spacial score (nSPS) is 10.5. The van der Waals surface area contributed by atoms with Crippen LogP contribution >= 0.6 is 0 Å². The minimum atomic E-state index is 0.348. The van der Waals surface area contributed by atoms with Crippen LogP contribution in [0.3, 0.4) is 0 Å². The Bertz CT molecular complexity index is 512. The highest BCUT2D eigenvalue weighted by atomic mass is 16.5. The summed E-state index contributed by atoms with van der Waals surface area (Å²) in [5, 5.41) is 0. The quantitative estimate of drug-likeness (QED) is 0.822. The van der Waals surface area contributed by atoms with Gasteiger partial charge in [0.25, 0.3) is 0 Å². The number of ether oxygens (including phenoxy) is 1. The topological polar surface area (TPSA) is 61.0 Å². The molecule has 0 aliphatic rings. The van der Waals surface area contributed by atoms with E-state index < -0.39 is 0 Å². The molecule has 2 N–H and O–H groups in total. The molecule has 0 amide bonds. The summed E-state index contributed by atoms with van der Waals surface area (Å²) in [5.41, 5.74) is 7.30. The van der Waals surface area contributed by atoms with Crippen LogP contribution in [0.5, 0.6) is 11.6 Å². The molecule has 4 heteroatoms. The largest absolute Gasteiger partial charge is 0.439 e. The van der Waals surface area contributed by atoms with Gasteiger partial charge in [-0.15, -0.1) is 0 Å². The third-order valence-corrected chi connectivity index (χ3v) is 2.34. The molecule has 0 atom stereocenters. The lowest BCUT2D eigenvalue weighted by atomic mass is 10.1. The van der Waals surface area contributed by atoms with Crippen LogP contribution in [0.2, 0.25) is 0 Å². The molecular weight excluding hydrogens is 214 g/mol. The summed E-state index contributed by atoms with van der Waals surface area (Å²) in [6, 6.07) is 9.10. The second kappa shape index (κ2) is 4.82. The fourth-order valence-corrected chi connectivity index (χ4v) is 1.42. The standard InChI is InChI=1S/C13H15N3O/c1-9(2)12-7-13(16-8-15-12)17-11-5-3-4-10(14)6-11/h3-9H,14H2,1-2H3. The summed E-state index contributed by atoms with van der Waals surface area (Å²) in [6.45, 7) is 4.15. The number of nitrogen functional groups attached to an aromatic ring is 1. The van der Waals surface area contributed by atoms with Crippen molar-refractivity contribution in [2.45, 2.75) is 19.8 Å². The summed E-state index contributed by atoms with van der Waals surface area (Å²) >= 11 is 0. The van der Waals surface area contributed by atoms with Crippen molar-refractivity contribution in [2.24, 2.45) is 0 Å². The van der Waals surface area contributed by atoms with E-state index in [4.69, 9.17) is 10.5 Å². The zero-order valence-corrected chi connectivity index (χ0v) is 9.92. The van der Waals surface area contributed by atoms with Crippen molar-refractivity contribution in [1.82, 2.24) is 9.97 Å². The number of rotatable bonds is 3. The lowest BCUT2D eigenvalue weighted by Crippen LogP contribution is -1.96. The number of nitrogens with zero attached hydrogens (tertiary/aromatic N) is 2. The fraction of sp³-hybridized carbons (Fsp3) is 0.231. The molecule has 1 aromatic carbocycles. The Kier molecular flexibility index (Phi) is 3.23. The van der Waals surface area contributed by atoms with Gasteiger partial charge in [0, 0.05) is 17.8 Å². The highest BCUT2D eigenvalue weighted by molar-refractivity contribution is 5.44. The average Bonchev–Trinajstić information content (AvgIpc) is 2.29. The molecule has 0 unspecified atom stereocenters. The van der Waals surface area contributed by atoms with Crippen LogP contribution in [0.1, 0.15) is 25.5 Å². The van der Waals surface area contributed by atoms with Crippen molar-refractivity contribution in [2.75, 3.05) is 5.73 Å². The maximum Gasteiger partial charge on any atom is 0.222 e. The molecule has 1 heterocycles. The molecular formula is C13H15N3O. The van der Waals surface area contributed by atoms with Crippen molar-refractivity contribution in [3.05, 3.63) is 42.4 Å². The summed E-state index contributed by atoms with van der Waals surface area (Å²) in [7, 11) is 0. The minimum absolute atomic E-state index is 0.348. The van der Waals surface area contributed by atoms with Crippen molar-refractivity contribution < 1.29 is 4.74 Å². The lowest BCUT2D eigenvalue weighted by molar-refractivity contribution is 0.460. The van der Waals surface area contributed by atoms with Gasteiger partial charge in [-0.1, -0.05) is 19.9 Å². The van der Waals surface area contributed by atoms with Crippen molar-refractivity contribution >= 4 is 5.69 Å². The summed E-state index contributed by atoms with van der Waals surface area (Å²) in [6.07, 6.45) is 1.51. The van der Waals surface area contributed by atoms with Crippen LogP contribution < -0.4 is 10.5 Å². The van der Waals surface area contributed by atoms with Crippen LogP contribution in [0.4, 0.5) is 5.69 Å². The average molecular weight is 229 g/mol. The van der Waals surface area contributed by atoms with E-state index >= 15 is 0 Å². The van der Waals surface area contributed by atoms with E-state index in [9.17, 15) is 0 Å². The van der Waals surface area contributed by atoms with Crippen LogP contribution in [0, 0.1) is 0 Å². The Labute approximate surface area is 100 Å². The third kappa shape index (κ3) is 2.93. The van der Waals surface area contributed by atoms with E-state index in [1.807, 2.05) is 24.3 Å². The molecule has 1 aromatic heterocycles. The fourth-order valence-electron chi connectivity index (χ4n) is 1.42. The smallest absolute Gasteiger partial charge is 0.222 e. The molecule has 0 fully saturated rings. The van der Waals surface area contributed by atoms with Gasteiger partial charge in [-0.25, -0.2) is 9.97 Å². The molecule has 0 aliphatic heterocycles. The molecule has 4 nitrogen and oxygen atoms in total. The van der Waals surface area contributed by atoms with Crippen LogP contribution in [0.25, 0.3) is 0 Å². The summed E-state index contributed by atoms with van der Waals surface area (Å²) in [4.78, 5) is 8.25. The Morgan fingerprint density at radius 2 is 2.00 bits per heavy atom. The SMILES string of the molecule is CC(C)c1cc(Oc2cccc(N)c2)ncn1. The molecule has 0 radical (unpaired) electrons. The Morgan fingerprint density at radius 1 is 1.18 bits per heavy atom. The van der Waals surface area contributed by atoms with Gasteiger partial charge in [0.05, 0.1) is 5.69 Å². The zero-order chi connectivity index (χ0) is 12.3. The van der Waals surface area contributed by atoms with E-state index in [1.54, 1.807) is 6.07 Å². The molecule has 0 bridgehead atoms. The monoisotopic (exact) mass is 229 g/mol. The molecule has 88 valence electrons. The van der Waals surface area contributed by atoms with Crippen molar-refractivity contribution in [1.29, 1.82) is 0 Å². The number of hydrogen-bond donors (Lipinski definition) is 1. The van der Waals surface area contributed by atoms with E-state index in [1.165, 1.54) is 6.33 Å². The first-order valence-corrected chi connectivity index (χ1v) is 5.50. The molecule has 2 aromatic rings. The third-order valence-electron chi connectivity index (χ3n) is 2.34. The highest BCUT2D eigenvalue weighted by Crippen LogP contribution is 2.23. The van der Waals surface area contributed by atoms with Gasteiger partial charge in [-0.2, -0.15) is 0 Å². The van der Waals surface area contributed by atoms with Gasteiger partial charge in [0.15, 0.2) is 0 Å². The van der Waals surface area contributed by atoms with Crippen LogP contribution in [-0.2, 0) is 0 Å². The summed E-state index contributed by atoms with van der Waals surface area (Å²) in [5.74, 6) is 1.56. The number of benzene rings is 1. The van der Waals surface area contributed by atoms with E-state index in [-0.39, 0.29) is 0 Å². The molecule has 0 saturated heterocycles. The van der Waals surface area contributed by atoms with E-state index in [2.05, 4.69) is 23.8 Å². The Morgan fingerprint density at radius 3 is 2.71 bits per heavy atom. The molecule has 0 aliphatic carbocycles. The zero-order valence-electron chi connectivity index (χ0n) is 9.92. The molecule has 17 heavy (non-hydrogen) atoms. The van der Waals surface area contributed by atoms with Crippen LogP contribution in [0.15, 0.2) is 36.7 Å². The first kappa shape index (κ1) is 11.4. The minimum Gasteiger partial charge on any atom is -0.439 e. The number of aromatic nitrogens is 2. The molecule has 2 rings (SSSR count). The second-order valence-electron chi connectivity index (χ2n) is 4.11. The lowest BCUT2D eigenvalue weighted by Gasteiger charge is -2.08. The molecule has 0 saturated carbocycles. The van der Waals surface area contributed by atoms with E-state index in [0.29, 0.717) is 23.2 Å². The number of nitrogens with two attached hydrogens (primary N) is 1. The van der Waals surface area contributed by atoms with Gasteiger partial charge >= 0.3 is 0 Å². The Hall–Kier alpha value is -2.10. The summed E-state index contributed by atoms with van der Waals surface area (Å²) < 4.78 is 5.62. The highest BCUT2D eigenvalue weighted by Gasteiger charge is 2.04. The predicted molar refractivity (Wildman–Crippen MR) is 67.0 cm³/mol. The van der Waals surface area contributed by atoms with Gasteiger partial charge in [0.1, 0.15) is 12.1 Å². The van der Waals surface area contributed by atoms with Gasteiger partial charge in [-0.05, 0) is 18.1 Å².